The Kier molecular flexibility index (Phi) is 11.0. The lowest BCUT2D eigenvalue weighted by Gasteiger charge is -2.45. The summed E-state index contributed by atoms with van der Waals surface area (Å²) in [6, 6.07) is 23.9. The summed E-state index contributed by atoms with van der Waals surface area (Å²) >= 11 is 0. The van der Waals surface area contributed by atoms with Crippen molar-refractivity contribution in [2.24, 2.45) is 5.11 Å². The Morgan fingerprint density at radius 1 is 0.894 bits per heavy atom. The topological polar surface area (TPSA) is 163 Å². The van der Waals surface area contributed by atoms with Gasteiger partial charge < -0.3 is 18.6 Å². The van der Waals surface area contributed by atoms with Gasteiger partial charge in [-0.15, -0.1) is 0 Å². The van der Waals surface area contributed by atoms with E-state index in [-0.39, 0.29) is 4.90 Å². The van der Waals surface area contributed by atoms with Crippen molar-refractivity contribution < 1.29 is 40.8 Å². The molecule has 1 saturated heterocycles. The van der Waals surface area contributed by atoms with E-state index in [0.29, 0.717) is 0 Å². The predicted molar refractivity (Wildman–Crippen MR) is 176 cm³/mol. The lowest BCUT2D eigenvalue weighted by Crippen LogP contribution is -2.68. The molecule has 47 heavy (non-hydrogen) atoms. The number of esters is 2. The Bertz CT molecular complexity index is 1670. The van der Waals surface area contributed by atoms with Crippen LogP contribution >= 0.6 is 0 Å². The molecule has 1 aliphatic heterocycles. The SMILES string of the molecule is CC(=O)OC1O[C@@](CO[Si](c2ccccc2)(c2ccccc2)C(C)(C)C)(COS(=O)(=O)c2ccc(C)cc2)[C@@H](N=[N+]=[N-])[C@H]1OC(C)=O. The minimum Gasteiger partial charge on any atom is -0.455 e. The lowest BCUT2D eigenvalue weighted by molar-refractivity contribution is -0.210. The summed E-state index contributed by atoms with van der Waals surface area (Å²) in [5, 5.41) is 5.22. The maximum absolute atomic E-state index is 13.4. The number of ether oxygens (including phenoxy) is 3. The van der Waals surface area contributed by atoms with Crippen LogP contribution in [0.15, 0.2) is 94.9 Å². The molecular weight excluding hydrogens is 643 g/mol. The summed E-state index contributed by atoms with van der Waals surface area (Å²) in [4.78, 5) is 27.2. The molecule has 0 N–H and O–H groups in total. The van der Waals surface area contributed by atoms with Gasteiger partial charge in [0.05, 0.1) is 18.1 Å². The van der Waals surface area contributed by atoms with Crippen molar-refractivity contribution in [2.75, 3.05) is 13.2 Å². The molecule has 1 fully saturated rings. The molecule has 1 heterocycles. The number of benzene rings is 3. The average Bonchev–Trinajstić information content (AvgIpc) is 3.28. The number of hydrogen-bond donors (Lipinski definition) is 0. The number of azide groups is 1. The largest absolute Gasteiger partial charge is 0.455 e. The van der Waals surface area contributed by atoms with Crippen LogP contribution < -0.4 is 10.4 Å². The molecule has 1 aliphatic rings. The van der Waals surface area contributed by atoms with E-state index in [2.05, 4.69) is 10.0 Å². The number of hydrogen-bond acceptors (Lipinski definition) is 10. The highest BCUT2D eigenvalue weighted by Gasteiger charge is 2.61. The number of nitrogens with zero attached hydrogens (tertiary/aromatic N) is 3. The highest BCUT2D eigenvalue weighted by Crippen LogP contribution is 2.42. The van der Waals surface area contributed by atoms with Crippen molar-refractivity contribution in [3.05, 3.63) is 101 Å². The highest BCUT2D eigenvalue weighted by atomic mass is 32.2. The smallest absolute Gasteiger partial charge is 0.305 e. The fraction of sp³-hybridized carbons (Fsp3) is 0.394. The second-order valence-corrected chi connectivity index (χ2v) is 18.3. The third-order valence-electron chi connectivity index (χ3n) is 7.95. The summed E-state index contributed by atoms with van der Waals surface area (Å²) in [5.74, 6) is -1.55. The summed E-state index contributed by atoms with van der Waals surface area (Å²) in [7, 11) is -7.69. The summed E-state index contributed by atoms with van der Waals surface area (Å²) in [6.45, 7) is 9.10. The average molecular weight is 682 g/mol. The lowest BCUT2D eigenvalue weighted by atomic mass is 9.95. The Labute approximate surface area is 275 Å². The predicted octanol–water partition coefficient (Wildman–Crippen LogP) is 4.55. The molecule has 0 bridgehead atoms. The number of rotatable bonds is 12. The van der Waals surface area contributed by atoms with Crippen LogP contribution in [0.4, 0.5) is 0 Å². The van der Waals surface area contributed by atoms with Crippen LogP contribution in [0.1, 0.15) is 40.2 Å². The van der Waals surface area contributed by atoms with Gasteiger partial charge in [0.2, 0.25) is 6.29 Å². The van der Waals surface area contributed by atoms with Gasteiger partial charge in [-0.1, -0.05) is 104 Å². The van der Waals surface area contributed by atoms with Crippen molar-refractivity contribution in [1.82, 2.24) is 0 Å². The highest BCUT2D eigenvalue weighted by molar-refractivity contribution is 7.86. The quantitative estimate of drug-likeness (QED) is 0.0667. The monoisotopic (exact) mass is 681 g/mol. The van der Waals surface area contributed by atoms with E-state index in [1.165, 1.54) is 12.1 Å². The van der Waals surface area contributed by atoms with E-state index in [4.69, 9.17) is 22.8 Å². The summed E-state index contributed by atoms with van der Waals surface area (Å²) < 4.78 is 56.8. The maximum atomic E-state index is 13.4. The molecule has 0 amide bonds. The Morgan fingerprint density at radius 3 is 1.89 bits per heavy atom. The van der Waals surface area contributed by atoms with Crippen molar-refractivity contribution in [1.29, 1.82) is 0 Å². The van der Waals surface area contributed by atoms with Crippen LogP contribution in [0.3, 0.4) is 0 Å². The molecular formula is C33H39N3O9SSi. The van der Waals surface area contributed by atoms with E-state index < -0.39 is 72.7 Å². The van der Waals surface area contributed by atoms with Crippen molar-refractivity contribution in [3.8, 4) is 0 Å². The van der Waals surface area contributed by atoms with E-state index >= 15 is 0 Å². The molecule has 3 aromatic carbocycles. The fourth-order valence-corrected chi connectivity index (χ4v) is 11.4. The van der Waals surface area contributed by atoms with Crippen molar-refractivity contribution in [3.63, 3.8) is 0 Å². The molecule has 3 aromatic rings. The van der Waals surface area contributed by atoms with E-state index in [9.17, 15) is 23.5 Å². The van der Waals surface area contributed by atoms with Gasteiger partial charge in [-0.05, 0) is 40.0 Å². The van der Waals surface area contributed by atoms with Gasteiger partial charge in [0.15, 0.2) is 6.10 Å². The molecule has 0 radical (unpaired) electrons. The first-order chi connectivity index (χ1) is 22.1. The minimum absolute atomic E-state index is 0.113. The standard InChI is InChI=1S/C33H39N3O9SSi/c1-23-17-19-26(20-18-23)46(39,40)41-21-33(30(35-36-34)29(43-24(2)37)31(45-33)44-25(3)38)22-42-47(32(4,5)6,27-13-9-7-10-14-27)28-15-11-8-12-16-28/h7-20,29-31H,21-22H2,1-6H3/t29-,30+,31?,33-/m1/s1. The maximum Gasteiger partial charge on any atom is 0.305 e. The second-order valence-electron chi connectivity index (χ2n) is 12.4. The van der Waals surface area contributed by atoms with E-state index in [1.54, 1.807) is 12.1 Å². The molecule has 4 rings (SSSR count). The Hall–Kier alpha value is -4.04. The molecule has 1 unspecified atom stereocenters. The van der Waals surface area contributed by atoms with Crippen molar-refractivity contribution in [2.45, 2.75) is 75.5 Å². The van der Waals surface area contributed by atoms with Crippen LogP contribution in [0.5, 0.6) is 0 Å². The number of carbonyl (C=O) groups is 2. The van der Waals surface area contributed by atoms with Gasteiger partial charge in [0.25, 0.3) is 18.4 Å². The zero-order valence-corrected chi connectivity index (χ0v) is 29.0. The second kappa shape index (κ2) is 14.4. The van der Waals surface area contributed by atoms with Crippen LogP contribution in [0.2, 0.25) is 5.04 Å². The fourth-order valence-electron chi connectivity index (χ4n) is 5.83. The first-order valence-electron chi connectivity index (χ1n) is 14.9. The molecule has 12 nitrogen and oxygen atoms in total. The zero-order chi connectivity index (χ0) is 34.5. The molecule has 0 aliphatic carbocycles. The van der Waals surface area contributed by atoms with E-state index in [1.807, 2.05) is 88.4 Å². The van der Waals surface area contributed by atoms with Gasteiger partial charge in [0, 0.05) is 18.8 Å². The van der Waals surface area contributed by atoms with Gasteiger partial charge in [-0.2, -0.15) is 8.42 Å². The van der Waals surface area contributed by atoms with E-state index in [0.717, 1.165) is 29.8 Å². The van der Waals surface area contributed by atoms with Crippen LogP contribution in [-0.4, -0.2) is 65.9 Å². The van der Waals surface area contributed by atoms with Gasteiger partial charge in [-0.25, -0.2) is 0 Å². The molecule has 0 spiro atoms. The summed E-state index contributed by atoms with van der Waals surface area (Å²) in [5.41, 5.74) is 8.61. The summed E-state index contributed by atoms with van der Waals surface area (Å²) in [6.07, 6.45) is -3.01. The molecule has 250 valence electrons. The van der Waals surface area contributed by atoms with Gasteiger partial charge in [0.1, 0.15) is 11.6 Å². The van der Waals surface area contributed by atoms with Crippen LogP contribution in [-0.2, 0) is 42.5 Å². The van der Waals surface area contributed by atoms with Gasteiger partial charge in [-0.3, -0.25) is 13.8 Å². The van der Waals surface area contributed by atoms with Crippen LogP contribution in [0.25, 0.3) is 10.4 Å². The zero-order valence-electron chi connectivity index (χ0n) is 27.2. The minimum atomic E-state index is -4.38. The Morgan fingerprint density at radius 2 is 1.43 bits per heavy atom. The molecule has 0 saturated carbocycles. The van der Waals surface area contributed by atoms with Crippen molar-refractivity contribution >= 4 is 40.7 Å². The molecule has 14 heteroatoms. The molecule has 4 atom stereocenters. The third-order valence-corrected chi connectivity index (χ3v) is 14.2. The first kappa shape index (κ1) is 35.8. The normalized spacial score (nSPS) is 21.4. The van der Waals surface area contributed by atoms with Gasteiger partial charge >= 0.3 is 11.9 Å². The van der Waals surface area contributed by atoms with Crippen LogP contribution in [0, 0.1) is 6.92 Å². The first-order valence-corrected chi connectivity index (χ1v) is 18.2. The number of carbonyl (C=O) groups excluding carboxylic acids is 2. The molecule has 0 aromatic heterocycles. The third kappa shape index (κ3) is 7.75. The number of aryl methyl sites for hydroxylation is 1. The Balaban J connectivity index is 1.89.